The molecule has 1 amide bonds. The topological polar surface area (TPSA) is 61.4 Å². The van der Waals surface area contributed by atoms with Crippen molar-refractivity contribution in [3.05, 3.63) is 40.5 Å². The Bertz CT molecular complexity index is 994. The van der Waals surface area contributed by atoms with Gasteiger partial charge in [0, 0.05) is 12.6 Å². The molecule has 0 atom stereocenters. The number of nitrogens with zero attached hydrogens (tertiary/aromatic N) is 4. The fourth-order valence-corrected chi connectivity index (χ4v) is 3.97. The summed E-state index contributed by atoms with van der Waals surface area (Å²) in [5.74, 6) is 0.509. The minimum absolute atomic E-state index is 0.101. The minimum atomic E-state index is -0.276. The van der Waals surface area contributed by atoms with E-state index >= 15 is 0 Å². The van der Waals surface area contributed by atoms with Gasteiger partial charge >= 0.3 is 0 Å². The second-order valence-corrected chi connectivity index (χ2v) is 7.07. The normalized spacial score (nSPS) is 12.3. The third-order valence-corrected chi connectivity index (χ3v) is 5.01. The van der Waals surface area contributed by atoms with E-state index in [1.165, 1.54) is 11.3 Å². The van der Waals surface area contributed by atoms with Crippen molar-refractivity contribution in [3.63, 3.8) is 0 Å². The summed E-state index contributed by atoms with van der Waals surface area (Å²) in [5, 5.41) is 4.40. The molecule has 0 aliphatic rings. The second kappa shape index (κ2) is 6.84. The van der Waals surface area contributed by atoms with Gasteiger partial charge in [0.15, 0.2) is 4.80 Å². The first-order chi connectivity index (χ1) is 12.0. The largest absolute Gasteiger partial charge is 0.495 e. The molecule has 0 aliphatic heterocycles. The lowest BCUT2D eigenvalue weighted by Gasteiger charge is -2.08. The molecule has 0 radical (unpaired) electrons. The van der Waals surface area contributed by atoms with Gasteiger partial charge in [-0.1, -0.05) is 17.4 Å². The van der Waals surface area contributed by atoms with E-state index in [9.17, 15) is 4.79 Å². The lowest BCUT2D eigenvalue weighted by molar-refractivity contribution is 0.0985. The highest BCUT2D eigenvalue weighted by Crippen LogP contribution is 2.27. The molecule has 0 unspecified atom stereocenters. The number of para-hydroxylation sites is 1. The molecule has 1 aromatic carbocycles. The van der Waals surface area contributed by atoms with Crippen LogP contribution in [-0.4, -0.2) is 27.4 Å². The lowest BCUT2D eigenvalue weighted by Crippen LogP contribution is -2.18. The van der Waals surface area contributed by atoms with Crippen LogP contribution in [0.3, 0.4) is 0 Å². The summed E-state index contributed by atoms with van der Waals surface area (Å²) in [6.45, 7) is 8.62. The SMILES string of the molecule is CCn1c(=NC(=O)c2cc(C)nn2C(C)C)sc2cccc(OC)c21. The van der Waals surface area contributed by atoms with Crippen LogP contribution in [0.5, 0.6) is 5.75 Å². The molecule has 3 aromatic rings. The number of carbonyl (C=O) groups is 1. The number of ether oxygens (including phenoxy) is 1. The molecule has 0 N–H and O–H groups in total. The van der Waals surface area contributed by atoms with Gasteiger partial charge in [0.25, 0.3) is 5.91 Å². The third kappa shape index (κ3) is 3.11. The van der Waals surface area contributed by atoms with Gasteiger partial charge in [-0.15, -0.1) is 0 Å². The van der Waals surface area contributed by atoms with Gasteiger partial charge in [-0.05, 0) is 45.9 Å². The van der Waals surface area contributed by atoms with Gasteiger partial charge < -0.3 is 9.30 Å². The molecular formula is C18H22N4O2S. The van der Waals surface area contributed by atoms with Crippen LogP contribution in [0.1, 0.15) is 43.0 Å². The number of fused-ring (bicyclic) bond motifs is 1. The molecule has 25 heavy (non-hydrogen) atoms. The molecule has 6 nitrogen and oxygen atoms in total. The van der Waals surface area contributed by atoms with E-state index in [0.29, 0.717) is 17.0 Å². The molecule has 0 fully saturated rings. The number of benzene rings is 1. The molecule has 0 aliphatic carbocycles. The van der Waals surface area contributed by atoms with E-state index in [1.54, 1.807) is 17.9 Å². The van der Waals surface area contributed by atoms with Crippen molar-refractivity contribution >= 4 is 27.5 Å². The molecule has 3 rings (SSSR count). The molecule has 2 heterocycles. The second-order valence-electron chi connectivity index (χ2n) is 6.06. The van der Waals surface area contributed by atoms with Gasteiger partial charge in [-0.3, -0.25) is 9.48 Å². The van der Waals surface area contributed by atoms with Crippen LogP contribution in [-0.2, 0) is 6.54 Å². The van der Waals surface area contributed by atoms with Gasteiger partial charge in [0.05, 0.1) is 17.5 Å². The Morgan fingerprint density at radius 2 is 2.16 bits per heavy atom. The van der Waals surface area contributed by atoms with Crippen LogP contribution < -0.4 is 9.54 Å². The summed E-state index contributed by atoms with van der Waals surface area (Å²) in [6, 6.07) is 7.77. The Hall–Kier alpha value is -2.41. The van der Waals surface area contributed by atoms with E-state index in [1.807, 2.05) is 50.5 Å². The zero-order chi connectivity index (χ0) is 18.1. The average Bonchev–Trinajstić information content (AvgIpc) is 3.14. The summed E-state index contributed by atoms with van der Waals surface area (Å²) in [4.78, 5) is 17.8. The third-order valence-electron chi connectivity index (χ3n) is 3.96. The van der Waals surface area contributed by atoms with E-state index in [-0.39, 0.29) is 11.9 Å². The number of hydrogen-bond acceptors (Lipinski definition) is 4. The predicted octanol–water partition coefficient (Wildman–Crippen LogP) is 3.56. The van der Waals surface area contributed by atoms with Gasteiger partial charge in [0.1, 0.15) is 17.0 Å². The number of aromatic nitrogens is 3. The highest BCUT2D eigenvalue weighted by molar-refractivity contribution is 7.16. The maximum Gasteiger partial charge on any atom is 0.297 e. The molecule has 0 bridgehead atoms. The van der Waals surface area contributed by atoms with Gasteiger partial charge in [0.2, 0.25) is 0 Å². The Balaban J connectivity index is 2.18. The zero-order valence-electron chi connectivity index (χ0n) is 15.1. The van der Waals surface area contributed by atoms with Crippen molar-refractivity contribution in [1.82, 2.24) is 14.3 Å². The Kier molecular flexibility index (Phi) is 4.76. The van der Waals surface area contributed by atoms with Crippen molar-refractivity contribution < 1.29 is 9.53 Å². The van der Waals surface area contributed by atoms with Gasteiger partial charge in [-0.25, -0.2) is 0 Å². The molecule has 2 aromatic heterocycles. The summed E-state index contributed by atoms with van der Waals surface area (Å²) in [7, 11) is 1.65. The molecule has 0 saturated carbocycles. The summed E-state index contributed by atoms with van der Waals surface area (Å²) >= 11 is 1.49. The van der Waals surface area contributed by atoms with Gasteiger partial charge in [-0.2, -0.15) is 10.1 Å². The van der Waals surface area contributed by atoms with Crippen molar-refractivity contribution in [3.8, 4) is 5.75 Å². The predicted molar refractivity (Wildman–Crippen MR) is 99.3 cm³/mol. The lowest BCUT2D eigenvalue weighted by atomic mass is 10.3. The minimum Gasteiger partial charge on any atom is -0.495 e. The average molecular weight is 358 g/mol. The molecule has 0 saturated heterocycles. The van der Waals surface area contributed by atoms with Crippen LogP contribution in [0.4, 0.5) is 0 Å². The van der Waals surface area contributed by atoms with Crippen molar-refractivity contribution in [2.75, 3.05) is 7.11 Å². The van der Waals surface area contributed by atoms with Crippen molar-refractivity contribution in [2.45, 2.75) is 40.3 Å². The van der Waals surface area contributed by atoms with Crippen LogP contribution in [0.25, 0.3) is 10.2 Å². The zero-order valence-corrected chi connectivity index (χ0v) is 15.9. The summed E-state index contributed by atoms with van der Waals surface area (Å²) < 4.78 is 10.3. The van der Waals surface area contributed by atoms with E-state index in [4.69, 9.17) is 4.74 Å². The van der Waals surface area contributed by atoms with E-state index < -0.39 is 0 Å². The number of rotatable bonds is 4. The monoisotopic (exact) mass is 358 g/mol. The fraction of sp³-hybridized carbons (Fsp3) is 0.389. The quantitative estimate of drug-likeness (QED) is 0.716. The number of amides is 1. The highest BCUT2D eigenvalue weighted by Gasteiger charge is 2.17. The number of aryl methyl sites for hydroxylation is 2. The number of thiazole rings is 1. The maximum atomic E-state index is 12.8. The Labute approximate surface area is 150 Å². The number of carbonyl (C=O) groups excluding carboxylic acids is 1. The highest BCUT2D eigenvalue weighted by atomic mass is 32.1. The van der Waals surface area contributed by atoms with E-state index in [0.717, 1.165) is 21.7 Å². The van der Waals surface area contributed by atoms with Crippen molar-refractivity contribution in [1.29, 1.82) is 0 Å². The van der Waals surface area contributed by atoms with Crippen LogP contribution in [0, 0.1) is 6.92 Å². The first-order valence-electron chi connectivity index (χ1n) is 8.27. The van der Waals surface area contributed by atoms with Crippen LogP contribution >= 0.6 is 11.3 Å². The molecule has 132 valence electrons. The molecule has 7 heteroatoms. The fourth-order valence-electron chi connectivity index (χ4n) is 2.86. The van der Waals surface area contributed by atoms with E-state index in [2.05, 4.69) is 10.1 Å². The number of hydrogen-bond donors (Lipinski definition) is 0. The Morgan fingerprint density at radius 1 is 1.40 bits per heavy atom. The molecule has 0 spiro atoms. The van der Waals surface area contributed by atoms with Crippen LogP contribution in [0.2, 0.25) is 0 Å². The van der Waals surface area contributed by atoms with Crippen LogP contribution in [0.15, 0.2) is 29.3 Å². The number of methoxy groups -OCH3 is 1. The Morgan fingerprint density at radius 3 is 2.80 bits per heavy atom. The standard InChI is InChI=1S/C18H22N4O2S/c1-6-21-16-14(24-5)8-7-9-15(16)25-18(21)19-17(23)13-10-12(4)20-22(13)11(2)3/h7-11H,6H2,1-5H3. The maximum absolute atomic E-state index is 12.8. The first-order valence-corrected chi connectivity index (χ1v) is 9.09. The molecular weight excluding hydrogens is 336 g/mol. The summed E-state index contributed by atoms with van der Waals surface area (Å²) in [5.41, 5.74) is 2.30. The first kappa shape index (κ1) is 17.4. The summed E-state index contributed by atoms with van der Waals surface area (Å²) in [6.07, 6.45) is 0. The van der Waals surface area contributed by atoms with Crippen molar-refractivity contribution in [2.24, 2.45) is 4.99 Å². The smallest absolute Gasteiger partial charge is 0.297 e.